The first kappa shape index (κ1) is 19.6. The van der Waals surface area contributed by atoms with Crippen molar-refractivity contribution in [2.24, 2.45) is 0 Å². The first-order chi connectivity index (χ1) is 11.6. The van der Waals surface area contributed by atoms with Crippen LogP contribution in [-0.2, 0) is 19.1 Å². The molecule has 0 aliphatic carbocycles. The summed E-state index contributed by atoms with van der Waals surface area (Å²) in [6, 6.07) is -0.112. The zero-order valence-electron chi connectivity index (χ0n) is 15.2. The number of nitrogens with zero attached hydrogens (tertiary/aromatic N) is 1. The third kappa shape index (κ3) is 4.48. The molecule has 0 aromatic carbocycles. The molecule has 4 unspecified atom stereocenters. The highest BCUT2D eigenvalue weighted by Crippen LogP contribution is 2.31. The van der Waals surface area contributed by atoms with Crippen molar-refractivity contribution in [1.82, 2.24) is 4.90 Å². The molecule has 1 saturated heterocycles. The van der Waals surface area contributed by atoms with Gasteiger partial charge in [0.2, 0.25) is 0 Å². The molecule has 2 rings (SSSR count). The first-order valence-corrected chi connectivity index (χ1v) is 8.49. The van der Waals surface area contributed by atoms with Crippen molar-refractivity contribution < 1.29 is 29.3 Å². The third-order valence-electron chi connectivity index (χ3n) is 4.69. The molecule has 7 nitrogen and oxygen atoms in total. The van der Waals surface area contributed by atoms with E-state index in [-0.39, 0.29) is 24.7 Å². The van der Waals surface area contributed by atoms with E-state index in [1.54, 1.807) is 0 Å². The van der Waals surface area contributed by atoms with Gasteiger partial charge in [-0.3, -0.25) is 4.90 Å². The molecule has 0 saturated carbocycles. The molecule has 0 aromatic rings. The summed E-state index contributed by atoms with van der Waals surface area (Å²) >= 11 is 0. The number of ether oxygens (including phenoxy) is 2. The minimum atomic E-state index is -1.95. The maximum Gasteiger partial charge on any atom is 0.340 e. The largest absolute Gasteiger partial charge is 0.459 e. The zero-order valence-corrected chi connectivity index (χ0v) is 15.2. The molecule has 140 valence electrons. The number of carbonyl (C=O) groups is 2. The zero-order chi connectivity index (χ0) is 18.8. The molecule has 0 spiro atoms. The minimum absolute atomic E-state index is 0.000431. The Labute approximate surface area is 147 Å². The second-order valence-corrected chi connectivity index (χ2v) is 7.10. The van der Waals surface area contributed by atoms with Gasteiger partial charge in [-0.1, -0.05) is 11.6 Å². The van der Waals surface area contributed by atoms with Crippen LogP contribution in [0.3, 0.4) is 0 Å². The minimum Gasteiger partial charge on any atom is -0.459 e. The Morgan fingerprint density at radius 3 is 2.76 bits per heavy atom. The molecule has 7 heteroatoms. The molecule has 0 radical (unpaired) electrons. The van der Waals surface area contributed by atoms with Gasteiger partial charge in [-0.15, -0.1) is 0 Å². The van der Waals surface area contributed by atoms with Crippen molar-refractivity contribution in [2.45, 2.75) is 58.0 Å². The summed E-state index contributed by atoms with van der Waals surface area (Å²) in [5, 5.41) is 19.4. The highest BCUT2D eigenvalue weighted by molar-refractivity contribution is 5.83. The lowest BCUT2D eigenvalue weighted by molar-refractivity contribution is -0.173. The Balaban J connectivity index is 1.97. The van der Waals surface area contributed by atoms with E-state index in [2.05, 4.69) is 4.90 Å². The van der Waals surface area contributed by atoms with Crippen LogP contribution in [0.4, 0.5) is 0 Å². The van der Waals surface area contributed by atoms with Crippen LogP contribution in [0.25, 0.3) is 0 Å². The van der Waals surface area contributed by atoms with E-state index in [1.165, 1.54) is 19.9 Å². The number of fused-ring (bicyclic) bond motifs is 1. The summed E-state index contributed by atoms with van der Waals surface area (Å²) in [7, 11) is 0. The number of hydrogen-bond acceptors (Lipinski definition) is 7. The summed E-state index contributed by atoms with van der Waals surface area (Å²) in [5.41, 5.74) is -0.234. The number of rotatable bonds is 6. The molecule has 1 fully saturated rings. The highest BCUT2D eigenvalue weighted by Gasteiger charge is 2.43. The first-order valence-electron chi connectivity index (χ1n) is 8.49. The number of aliphatic hydroxyl groups is 2. The normalized spacial score (nSPS) is 26.2. The van der Waals surface area contributed by atoms with E-state index < -0.39 is 17.7 Å². The van der Waals surface area contributed by atoms with Crippen molar-refractivity contribution in [2.75, 3.05) is 19.7 Å². The topological polar surface area (TPSA) is 96.3 Å². The standard InChI is InChI=1S/C18H27NO6/c1-11(2)9-15(21)25-14-6-8-19-7-5-13(16(14)19)10-24-17(22)18(4,23)12(3)20/h5,9,12,14,16,20,23H,6-8,10H2,1-4H3. The molecule has 0 aromatic heterocycles. The number of hydrogen-bond donors (Lipinski definition) is 2. The Bertz CT molecular complexity index is 588. The summed E-state index contributed by atoms with van der Waals surface area (Å²) in [5.74, 6) is -1.25. The van der Waals surface area contributed by atoms with Crippen molar-refractivity contribution in [3.05, 3.63) is 23.3 Å². The average Bonchev–Trinajstić information content (AvgIpc) is 3.07. The van der Waals surface area contributed by atoms with Crippen molar-refractivity contribution in [1.29, 1.82) is 0 Å². The molecule has 25 heavy (non-hydrogen) atoms. The van der Waals surface area contributed by atoms with E-state index in [9.17, 15) is 19.8 Å². The fourth-order valence-corrected chi connectivity index (χ4v) is 3.01. The van der Waals surface area contributed by atoms with Gasteiger partial charge in [0.05, 0.1) is 12.1 Å². The van der Waals surface area contributed by atoms with Crippen LogP contribution in [0.1, 0.15) is 34.1 Å². The number of esters is 2. The molecule has 4 atom stereocenters. The van der Waals surface area contributed by atoms with Gasteiger partial charge in [-0.2, -0.15) is 0 Å². The number of carbonyl (C=O) groups excluding carboxylic acids is 2. The second-order valence-electron chi connectivity index (χ2n) is 7.10. The molecule has 2 aliphatic rings. The van der Waals surface area contributed by atoms with Crippen LogP contribution < -0.4 is 0 Å². The van der Waals surface area contributed by atoms with Gasteiger partial charge in [0.25, 0.3) is 0 Å². The van der Waals surface area contributed by atoms with Gasteiger partial charge >= 0.3 is 11.9 Å². The van der Waals surface area contributed by atoms with Crippen LogP contribution in [0.15, 0.2) is 23.3 Å². The molecular weight excluding hydrogens is 326 g/mol. The van der Waals surface area contributed by atoms with Crippen LogP contribution in [0.2, 0.25) is 0 Å². The monoisotopic (exact) mass is 353 g/mol. The van der Waals surface area contributed by atoms with E-state index in [1.807, 2.05) is 19.9 Å². The molecule has 2 aliphatic heterocycles. The number of allylic oxidation sites excluding steroid dienone is 1. The third-order valence-corrected chi connectivity index (χ3v) is 4.69. The van der Waals surface area contributed by atoms with E-state index in [4.69, 9.17) is 9.47 Å². The fourth-order valence-electron chi connectivity index (χ4n) is 3.01. The van der Waals surface area contributed by atoms with E-state index in [0.29, 0.717) is 6.54 Å². The van der Waals surface area contributed by atoms with Crippen molar-refractivity contribution in [3.8, 4) is 0 Å². The molecular formula is C18H27NO6. The Morgan fingerprint density at radius 1 is 1.48 bits per heavy atom. The van der Waals surface area contributed by atoms with Gasteiger partial charge < -0.3 is 19.7 Å². The lowest BCUT2D eigenvalue weighted by Gasteiger charge is -2.26. The van der Waals surface area contributed by atoms with E-state index in [0.717, 1.165) is 24.1 Å². The average molecular weight is 353 g/mol. The van der Waals surface area contributed by atoms with Gasteiger partial charge in [0.1, 0.15) is 12.7 Å². The molecule has 0 bridgehead atoms. The SMILES string of the molecule is CC(C)=CC(=O)OC1CCN2CC=C(COC(=O)C(C)(O)C(C)O)C12. The lowest BCUT2D eigenvalue weighted by Crippen LogP contribution is -2.47. The highest BCUT2D eigenvalue weighted by atomic mass is 16.6. The van der Waals surface area contributed by atoms with Gasteiger partial charge in [-0.25, -0.2) is 9.59 Å². The van der Waals surface area contributed by atoms with Crippen LogP contribution in [-0.4, -0.2) is 70.6 Å². The Kier molecular flexibility index (Phi) is 6.03. The molecule has 2 heterocycles. The predicted octanol–water partition coefficient (Wildman–Crippen LogP) is 0.554. The fraction of sp³-hybridized carbons (Fsp3) is 0.667. The second kappa shape index (κ2) is 7.68. The lowest BCUT2D eigenvalue weighted by atomic mass is 10.0. The van der Waals surface area contributed by atoms with Gasteiger partial charge in [0.15, 0.2) is 5.60 Å². The van der Waals surface area contributed by atoms with E-state index >= 15 is 0 Å². The summed E-state index contributed by atoms with van der Waals surface area (Å²) in [6.07, 6.45) is 2.62. The van der Waals surface area contributed by atoms with Crippen LogP contribution in [0, 0.1) is 0 Å². The van der Waals surface area contributed by atoms with Crippen molar-refractivity contribution in [3.63, 3.8) is 0 Å². The Hall–Kier alpha value is -1.70. The summed E-state index contributed by atoms with van der Waals surface area (Å²) < 4.78 is 10.7. The Morgan fingerprint density at radius 2 is 2.16 bits per heavy atom. The summed E-state index contributed by atoms with van der Waals surface area (Å²) in [6.45, 7) is 7.72. The molecule has 0 amide bonds. The predicted molar refractivity (Wildman–Crippen MR) is 90.6 cm³/mol. The van der Waals surface area contributed by atoms with Gasteiger partial charge in [0, 0.05) is 19.2 Å². The van der Waals surface area contributed by atoms with Crippen LogP contribution in [0.5, 0.6) is 0 Å². The molecule has 2 N–H and O–H groups in total. The summed E-state index contributed by atoms with van der Waals surface area (Å²) in [4.78, 5) is 26.0. The number of aliphatic hydroxyl groups excluding tert-OH is 1. The van der Waals surface area contributed by atoms with Gasteiger partial charge in [-0.05, 0) is 39.7 Å². The van der Waals surface area contributed by atoms with Crippen molar-refractivity contribution >= 4 is 11.9 Å². The maximum absolute atomic E-state index is 12.0. The maximum atomic E-state index is 12.0. The quantitative estimate of drug-likeness (QED) is 0.409. The van der Waals surface area contributed by atoms with Crippen LogP contribution >= 0.6 is 0 Å². The smallest absolute Gasteiger partial charge is 0.340 e.